The van der Waals surface area contributed by atoms with Crippen LogP contribution in [-0.2, 0) is 27.2 Å². The van der Waals surface area contributed by atoms with E-state index in [1.165, 1.54) is 0 Å². The highest BCUT2D eigenvalue weighted by molar-refractivity contribution is 5.98. The molecule has 8 nitrogen and oxygen atoms in total. The Labute approximate surface area is 223 Å². The van der Waals surface area contributed by atoms with Gasteiger partial charge in [-0.05, 0) is 74.4 Å². The third-order valence-corrected chi connectivity index (χ3v) is 7.41. The summed E-state index contributed by atoms with van der Waals surface area (Å²) in [5.41, 5.74) is 5.34. The van der Waals surface area contributed by atoms with Crippen molar-refractivity contribution in [3.05, 3.63) is 70.1 Å². The van der Waals surface area contributed by atoms with Crippen LogP contribution < -0.4 is 10.6 Å². The number of carboxylic acid groups (broad SMARTS) is 1. The number of nitriles is 1. The van der Waals surface area contributed by atoms with Crippen molar-refractivity contribution in [3.8, 4) is 6.07 Å². The van der Waals surface area contributed by atoms with E-state index in [1.54, 1.807) is 18.2 Å². The number of hydrogen-bond donors (Lipinski definition) is 3. The van der Waals surface area contributed by atoms with Crippen LogP contribution in [0.5, 0.6) is 0 Å². The molecule has 2 aliphatic carbocycles. The monoisotopic (exact) mass is 514 g/mol. The van der Waals surface area contributed by atoms with E-state index in [2.05, 4.69) is 16.7 Å². The van der Waals surface area contributed by atoms with Gasteiger partial charge in [-0.2, -0.15) is 5.26 Å². The Morgan fingerprint density at radius 3 is 2.68 bits per heavy atom. The van der Waals surface area contributed by atoms with E-state index in [0.29, 0.717) is 36.1 Å². The summed E-state index contributed by atoms with van der Waals surface area (Å²) in [6.45, 7) is 3.81. The molecular formula is C30H34N4O4. The second kappa shape index (κ2) is 12.0. The van der Waals surface area contributed by atoms with E-state index < -0.39 is 12.0 Å². The number of carbonyl (C=O) groups is 3. The van der Waals surface area contributed by atoms with Gasteiger partial charge >= 0.3 is 5.97 Å². The third kappa shape index (κ3) is 6.23. The van der Waals surface area contributed by atoms with Crippen LogP contribution in [0.4, 0.5) is 5.69 Å². The number of rotatable bonds is 9. The molecule has 1 saturated carbocycles. The van der Waals surface area contributed by atoms with Crippen molar-refractivity contribution in [2.75, 3.05) is 5.32 Å². The molecule has 4 rings (SSSR count). The van der Waals surface area contributed by atoms with Gasteiger partial charge in [0.15, 0.2) is 0 Å². The van der Waals surface area contributed by atoms with Crippen LogP contribution >= 0.6 is 0 Å². The average molecular weight is 515 g/mol. The standard InChI is InChI=1S/C30H34N4O4/c1-19-18-34(27-15-13-23(12-14-25(19)27)30(38)32-24-7-3-4-8-24)20(2)29(37)33-26-16-21(17-31)10-11-22(26)6-5-9-28(35)36/h10-14,16,18,20,24H,3-9,15H2,1-2H3,(H,32,38)(H,33,37)(H,35,36). The maximum atomic E-state index is 13.4. The van der Waals surface area contributed by atoms with Gasteiger partial charge in [0.25, 0.3) is 5.91 Å². The number of carbonyl (C=O) groups excluding carboxylic acids is 2. The zero-order chi connectivity index (χ0) is 27.2. The lowest BCUT2D eigenvalue weighted by atomic mass is 10.0. The Morgan fingerprint density at radius 2 is 1.97 bits per heavy atom. The second-order valence-corrected chi connectivity index (χ2v) is 10.1. The fourth-order valence-corrected chi connectivity index (χ4v) is 5.24. The number of carboxylic acids is 1. The van der Waals surface area contributed by atoms with E-state index in [-0.39, 0.29) is 24.3 Å². The fraction of sp³-hybridized carbons (Fsp3) is 0.400. The quantitative estimate of drug-likeness (QED) is 0.442. The molecule has 1 heterocycles. The first kappa shape index (κ1) is 26.9. The van der Waals surface area contributed by atoms with Gasteiger partial charge in [-0.25, -0.2) is 0 Å². The molecule has 8 heteroatoms. The van der Waals surface area contributed by atoms with Gasteiger partial charge in [-0.3, -0.25) is 14.4 Å². The maximum Gasteiger partial charge on any atom is 0.303 e. The number of aliphatic carboxylic acids is 1. The minimum Gasteiger partial charge on any atom is -0.481 e. The van der Waals surface area contributed by atoms with Crippen LogP contribution in [0.15, 0.2) is 42.1 Å². The van der Waals surface area contributed by atoms with E-state index in [0.717, 1.165) is 48.1 Å². The van der Waals surface area contributed by atoms with Gasteiger partial charge in [0.05, 0.1) is 11.6 Å². The van der Waals surface area contributed by atoms with E-state index in [4.69, 9.17) is 5.11 Å². The lowest BCUT2D eigenvalue weighted by molar-refractivity contribution is -0.137. The zero-order valence-corrected chi connectivity index (χ0v) is 21.9. The number of amides is 2. The molecule has 2 amide bonds. The first-order valence-electron chi connectivity index (χ1n) is 13.2. The second-order valence-electron chi connectivity index (χ2n) is 10.1. The van der Waals surface area contributed by atoms with Crippen LogP contribution in [0.25, 0.3) is 6.08 Å². The summed E-state index contributed by atoms with van der Waals surface area (Å²) < 4.78 is 1.94. The topological polar surface area (TPSA) is 124 Å². The molecule has 1 fully saturated rings. The lowest BCUT2D eigenvalue weighted by Gasteiger charge is -2.19. The van der Waals surface area contributed by atoms with Crippen LogP contribution in [0.2, 0.25) is 0 Å². The van der Waals surface area contributed by atoms with Crippen LogP contribution in [-0.4, -0.2) is 33.5 Å². The molecule has 38 heavy (non-hydrogen) atoms. The Hall–Kier alpha value is -4.12. The van der Waals surface area contributed by atoms with Gasteiger partial charge in [0.2, 0.25) is 5.91 Å². The molecule has 0 spiro atoms. The van der Waals surface area contributed by atoms with Gasteiger partial charge in [0.1, 0.15) is 6.04 Å². The van der Waals surface area contributed by atoms with Gasteiger partial charge in [0, 0.05) is 42.0 Å². The number of nitrogens with zero attached hydrogens (tertiary/aromatic N) is 2. The van der Waals surface area contributed by atoms with Crippen molar-refractivity contribution in [2.24, 2.45) is 0 Å². The maximum absolute atomic E-state index is 13.4. The van der Waals surface area contributed by atoms with Gasteiger partial charge < -0.3 is 20.3 Å². The van der Waals surface area contributed by atoms with Gasteiger partial charge in [-0.1, -0.05) is 31.1 Å². The predicted octanol–water partition coefficient (Wildman–Crippen LogP) is 4.83. The van der Waals surface area contributed by atoms with E-state index >= 15 is 0 Å². The number of hydrogen-bond acceptors (Lipinski definition) is 4. The lowest BCUT2D eigenvalue weighted by Crippen LogP contribution is -2.33. The Kier molecular flexibility index (Phi) is 8.47. The highest BCUT2D eigenvalue weighted by atomic mass is 16.4. The summed E-state index contributed by atoms with van der Waals surface area (Å²) in [4.78, 5) is 37.2. The summed E-state index contributed by atoms with van der Waals surface area (Å²) in [7, 11) is 0. The number of aryl methyl sites for hydroxylation is 2. The molecule has 1 aromatic carbocycles. The Morgan fingerprint density at radius 1 is 1.21 bits per heavy atom. The zero-order valence-electron chi connectivity index (χ0n) is 21.9. The third-order valence-electron chi connectivity index (χ3n) is 7.41. The summed E-state index contributed by atoms with van der Waals surface area (Å²) in [5, 5.41) is 24.4. The molecule has 198 valence electrons. The Balaban J connectivity index is 1.51. The number of fused-ring (bicyclic) bond motifs is 1. The average Bonchev–Trinajstić information content (AvgIpc) is 3.44. The molecular weight excluding hydrogens is 480 g/mol. The van der Waals surface area contributed by atoms with Crippen molar-refractivity contribution in [1.82, 2.24) is 9.88 Å². The number of allylic oxidation sites excluding steroid dienone is 1. The number of nitrogens with one attached hydrogen (secondary N) is 2. The summed E-state index contributed by atoms with van der Waals surface area (Å²) in [6, 6.07) is 6.85. The molecule has 1 unspecified atom stereocenters. The molecule has 1 aromatic heterocycles. The van der Waals surface area contributed by atoms with Crippen LogP contribution in [0, 0.1) is 18.3 Å². The van der Waals surface area contributed by atoms with Crippen molar-refractivity contribution < 1.29 is 19.5 Å². The molecule has 2 aromatic rings. The summed E-state index contributed by atoms with van der Waals surface area (Å²) in [5.74, 6) is -1.17. The highest BCUT2D eigenvalue weighted by Crippen LogP contribution is 2.28. The predicted molar refractivity (Wildman–Crippen MR) is 145 cm³/mol. The number of anilines is 1. The Bertz CT molecular complexity index is 1340. The first-order chi connectivity index (χ1) is 18.3. The molecule has 0 bridgehead atoms. The fourth-order valence-electron chi connectivity index (χ4n) is 5.24. The van der Waals surface area contributed by atoms with Crippen molar-refractivity contribution in [2.45, 2.75) is 77.3 Å². The van der Waals surface area contributed by atoms with Crippen LogP contribution in [0.1, 0.15) is 79.4 Å². The molecule has 0 saturated heterocycles. The molecule has 3 N–H and O–H groups in total. The normalized spacial score (nSPS) is 15.7. The molecule has 2 aliphatic rings. The minimum absolute atomic E-state index is 0.0280. The summed E-state index contributed by atoms with van der Waals surface area (Å²) in [6.07, 6.45) is 13.5. The van der Waals surface area contributed by atoms with Gasteiger partial charge in [-0.15, -0.1) is 0 Å². The van der Waals surface area contributed by atoms with E-state index in [1.807, 2.05) is 42.8 Å². The minimum atomic E-state index is -0.871. The largest absolute Gasteiger partial charge is 0.481 e. The SMILES string of the molecule is Cc1cn(C(C)C(=O)Nc2cc(C#N)ccc2CCCC(=O)O)c2c1C=CC(C(=O)NC1CCCC1)=CC2. The van der Waals surface area contributed by atoms with Crippen molar-refractivity contribution in [1.29, 1.82) is 5.26 Å². The highest BCUT2D eigenvalue weighted by Gasteiger charge is 2.24. The molecule has 0 aliphatic heterocycles. The first-order valence-corrected chi connectivity index (χ1v) is 13.2. The number of benzene rings is 1. The summed E-state index contributed by atoms with van der Waals surface area (Å²) >= 11 is 0. The van der Waals surface area contributed by atoms with Crippen molar-refractivity contribution >= 4 is 29.5 Å². The molecule has 1 atom stereocenters. The van der Waals surface area contributed by atoms with E-state index in [9.17, 15) is 19.6 Å². The smallest absolute Gasteiger partial charge is 0.303 e. The molecule has 0 radical (unpaired) electrons. The number of aromatic nitrogens is 1. The van der Waals surface area contributed by atoms with Crippen molar-refractivity contribution in [3.63, 3.8) is 0 Å². The van der Waals surface area contributed by atoms with Crippen LogP contribution in [0.3, 0.4) is 0 Å².